The van der Waals surface area contributed by atoms with Crippen LogP contribution in [0.1, 0.15) is 57.9 Å². The lowest BCUT2D eigenvalue weighted by Gasteiger charge is -2.38. The molecule has 1 aliphatic carbocycles. The molecule has 1 aliphatic rings. The number of hydrogen-bond acceptors (Lipinski definition) is 2. The molecule has 0 aliphatic heterocycles. The number of phenols is 1. The molecule has 2 N–H and O–H groups in total. The lowest BCUT2D eigenvalue weighted by molar-refractivity contribution is -0.149. The molecule has 3 nitrogen and oxygen atoms in total. The Morgan fingerprint density at radius 3 is 2.05 bits per heavy atom. The van der Waals surface area contributed by atoms with Gasteiger partial charge in [-0.25, -0.2) is 0 Å². The number of aromatic hydroxyl groups is 1. The second kappa shape index (κ2) is 6.08. The fraction of sp³-hybridized carbons (Fsp3) is 0.611. The first-order valence-electron chi connectivity index (χ1n) is 7.81. The summed E-state index contributed by atoms with van der Waals surface area (Å²) in [5.74, 6) is 0.145. The number of carbonyl (C=O) groups is 1. The third kappa shape index (κ3) is 3.78. The summed E-state index contributed by atoms with van der Waals surface area (Å²) < 4.78 is 0. The van der Waals surface area contributed by atoms with Crippen LogP contribution in [0.4, 0.5) is 0 Å². The number of carboxylic acid groups (broad SMARTS) is 1. The van der Waals surface area contributed by atoms with Gasteiger partial charge in [0.1, 0.15) is 5.75 Å². The molecule has 1 saturated carbocycles. The second-order valence-corrected chi connectivity index (χ2v) is 7.39. The number of hydrogen-bond donors (Lipinski definition) is 2. The summed E-state index contributed by atoms with van der Waals surface area (Å²) >= 11 is 0. The predicted molar refractivity (Wildman–Crippen MR) is 83.4 cm³/mol. The molecule has 1 aromatic rings. The number of carboxylic acids is 1. The van der Waals surface area contributed by atoms with Gasteiger partial charge < -0.3 is 10.2 Å². The monoisotopic (exact) mass is 290 g/mol. The molecular weight excluding hydrogens is 264 g/mol. The van der Waals surface area contributed by atoms with E-state index < -0.39 is 5.97 Å². The molecule has 1 aromatic carbocycles. The highest BCUT2D eigenvalue weighted by atomic mass is 16.4. The van der Waals surface area contributed by atoms with Crippen LogP contribution >= 0.6 is 0 Å². The molecule has 2 rings (SSSR count). The highest BCUT2D eigenvalue weighted by Crippen LogP contribution is 2.44. The molecule has 0 spiro atoms. The Labute approximate surface area is 127 Å². The average molecular weight is 290 g/mol. The molecular formula is C18H26O3. The Morgan fingerprint density at radius 1 is 1.10 bits per heavy atom. The zero-order valence-corrected chi connectivity index (χ0v) is 13.2. The van der Waals surface area contributed by atoms with E-state index >= 15 is 0 Å². The van der Waals surface area contributed by atoms with Crippen molar-refractivity contribution in [1.29, 1.82) is 0 Å². The van der Waals surface area contributed by atoms with E-state index in [0.29, 0.717) is 11.7 Å². The van der Waals surface area contributed by atoms with E-state index in [-0.39, 0.29) is 17.3 Å². The summed E-state index contributed by atoms with van der Waals surface area (Å²) in [7, 11) is 0. The molecule has 0 amide bonds. The quantitative estimate of drug-likeness (QED) is 0.866. The second-order valence-electron chi connectivity index (χ2n) is 7.39. The summed E-state index contributed by atoms with van der Waals surface area (Å²) in [6, 6.07) is 7.44. The molecule has 0 radical (unpaired) electrons. The van der Waals surface area contributed by atoms with Crippen molar-refractivity contribution in [3.63, 3.8) is 0 Å². The fourth-order valence-corrected chi connectivity index (χ4v) is 3.81. The normalized spacial score (nSPS) is 24.5. The van der Waals surface area contributed by atoms with E-state index in [1.165, 1.54) is 5.56 Å². The first-order valence-corrected chi connectivity index (χ1v) is 7.81. The maximum Gasteiger partial charge on any atom is 0.307 e. The number of aliphatic carboxylic acids is 1. The number of benzene rings is 1. The van der Waals surface area contributed by atoms with Crippen molar-refractivity contribution in [2.24, 2.45) is 17.3 Å². The van der Waals surface area contributed by atoms with Crippen LogP contribution in [0.2, 0.25) is 0 Å². The van der Waals surface area contributed by atoms with Crippen molar-refractivity contribution in [3.8, 4) is 5.75 Å². The Kier molecular flexibility index (Phi) is 4.60. The summed E-state index contributed by atoms with van der Waals surface area (Å²) in [5, 5.41) is 18.9. The first-order chi connectivity index (χ1) is 9.79. The van der Waals surface area contributed by atoms with Crippen molar-refractivity contribution in [1.82, 2.24) is 0 Å². The van der Waals surface area contributed by atoms with Crippen LogP contribution in [0.15, 0.2) is 24.3 Å². The standard InChI is InChI=1S/C18H26O3/c1-18(2,3)16(17(20)21)14-6-4-12(5-7-14)13-8-10-15(19)11-9-13/h8-12,14,16,19H,4-7H2,1-3H3,(H,20,21)/t12-,14-,16?. The van der Waals surface area contributed by atoms with Crippen LogP contribution in [0.5, 0.6) is 5.75 Å². The summed E-state index contributed by atoms with van der Waals surface area (Å²) in [5.41, 5.74) is 1.07. The maximum absolute atomic E-state index is 11.6. The Balaban J connectivity index is 2.02. The predicted octanol–water partition coefficient (Wildman–Crippen LogP) is 4.41. The van der Waals surface area contributed by atoms with Gasteiger partial charge in [-0.1, -0.05) is 32.9 Å². The minimum Gasteiger partial charge on any atom is -0.508 e. The van der Waals surface area contributed by atoms with Crippen LogP contribution in [0, 0.1) is 17.3 Å². The third-order valence-electron chi connectivity index (χ3n) is 4.81. The zero-order chi connectivity index (χ0) is 15.6. The maximum atomic E-state index is 11.6. The Morgan fingerprint density at radius 2 is 1.62 bits per heavy atom. The van der Waals surface area contributed by atoms with Gasteiger partial charge in [0.25, 0.3) is 0 Å². The summed E-state index contributed by atoms with van der Waals surface area (Å²) in [6.45, 7) is 6.08. The van der Waals surface area contributed by atoms with E-state index in [4.69, 9.17) is 0 Å². The largest absolute Gasteiger partial charge is 0.508 e. The zero-order valence-electron chi connectivity index (χ0n) is 13.2. The number of phenolic OH excluding ortho intramolecular Hbond substituents is 1. The van der Waals surface area contributed by atoms with Crippen molar-refractivity contribution in [2.45, 2.75) is 52.4 Å². The molecule has 0 heterocycles. The molecule has 1 unspecified atom stereocenters. The summed E-state index contributed by atoms with van der Waals surface area (Å²) in [6.07, 6.45) is 4.02. The van der Waals surface area contributed by atoms with E-state index in [9.17, 15) is 15.0 Å². The van der Waals surface area contributed by atoms with Crippen molar-refractivity contribution >= 4 is 5.97 Å². The third-order valence-corrected chi connectivity index (χ3v) is 4.81. The Hall–Kier alpha value is -1.51. The molecule has 1 atom stereocenters. The van der Waals surface area contributed by atoms with Gasteiger partial charge >= 0.3 is 5.97 Å². The fourth-order valence-electron chi connectivity index (χ4n) is 3.81. The molecule has 3 heteroatoms. The van der Waals surface area contributed by atoms with Gasteiger partial charge in [-0.3, -0.25) is 4.79 Å². The minimum atomic E-state index is -0.657. The van der Waals surface area contributed by atoms with Crippen LogP contribution in [-0.4, -0.2) is 16.2 Å². The minimum absolute atomic E-state index is 0.193. The molecule has 1 fully saturated rings. The van der Waals surface area contributed by atoms with Gasteiger partial charge in [-0.2, -0.15) is 0 Å². The van der Waals surface area contributed by atoms with E-state index in [1.807, 2.05) is 32.9 Å². The van der Waals surface area contributed by atoms with Gasteiger partial charge in [0.05, 0.1) is 5.92 Å². The lowest BCUT2D eigenvalue weighted by Crippen LogP contribution is -2.36. The molecule has 0 bridgehead atoms. The molecule has 0 saturated heterocycles. The smallest absolute Gasteiger partial charge is 0.307 e. The van der Waals surface area contributed by atoms with Crippen molar-refractivity contribution in [2.75, 3.05) is 0 Å². The van der Waals surface area contributed by atoms with Crippen molar-refractivity contribution in [3.05, 3.63) is 29.8 Å². The van der Waals surface area contributed by atoms with Gasteiger partial charge in [0.2, 0.25) is 0 Å². The highest BCUT2D eigenvalue weighted by Gasteiger charge is 2.39. The molecule has 21 heavy (non-hydrogen) atoms. The van der Waals surface area contributed by atoms with Gasteiger partial charge in [-0.05, 0) is 60.6 Å². The van der Waals surface area contributed by atoms with Gasteiger partial charge in [0, 0.05) is 0 Å². The van der Waals surface area contributed by atoms with Crippen LogP contribution < -0.4 is 0 Å². The van der Waals surface area contributed by atoms with Crippen LogP contribution in [0.3, 0.4) is 0 Å². The topological polar surface area (TPSA) is 57.5 Å². The SMILES string of the molecule is CC(C)(C)C(C(=O)O)[C@H]1CC[C@H](c2ccc(O)cc2)CC1. The average Bonchev–Trinajstić information content (AvgIpc) is 2.38. The van der Waals surface area contributed by atoms with Crippen LogP contribution in [0.25, 0.3) is 0 Å². The van der Waals surface area contributed by atoms with Crippen LogP contribution in [-0.2, 0) is 4.79 Å². The lowest BCUT2D eigenvalue weighted by atomic mass is 9.66. The highest BCUT2D eigenvalue weighted by molar-refractivity contribution is 5.71. The number of rotatable bonds is 3. The van der Waals surface area contributed by atoms with Gasteiger partial charge in [-0.15, -0.1) is 0 Å². The van der Waals surface area contributed by atoms with Gasteiger partial charge in [0.15, 0.2) is 0 Å². The van der Waals surface area contributed by atoms with E-state index in [1.54, 1.807) is 12.1 Å². The van der Waals surface area contributed by atoms with E-state index in [0.717, 1.165) is 25.7 Å². The molecule has 0 aromatic heterocycles. The summed E-state index contributed by atoms with van der Waals surface area (Å²) in [4.78, 5) is 11.6. The Bertz CT molecular complexity index is 476. The van der Waals surface area contributed by atoms with Crippen molar-refractivity contribution < 1.29 is 15.0 Å². The molecule has 116 valence electrons. The van der Waals surface area contributed by atoms with E-state index in [2.05, 4.69) is 0 Å². The first kappa shape index (κ1) is 15.9.